The van der Waals surface area contributed by atoms with Crippen molar-refractivity contribution >= 4 is 44.9 Å². The van der Waals surface area contributed by atoms with Gasteiger partial charge in [-0.25, -0.2) is 18.7 Å². The fourth-order valence-corrected chi connectivity index (χ4v) is 3.75. The standard InChI is InChI=1S/C15H11F2N3OS2/c1-8(14(21)20-12-9(16)3-2-4-10(12)17)23-15-13-11(5-6-22-13)18-7-19-15/h2-8H,1H3,(H,20,21). The highest BCUT2D eigenvalue weighted by Gasteiger charge is 2.20. The lowest BCUT2D eigenvalue weighted by molar-refractivity contribution is -0.115. The molecule has 1 aromatic carbocycles. The van der Waals surface area contributed by atoms with Gasteiger partial charge in [0.1, 0.15) is 28.7 Å². The third-order valence-corrected chi connectivity index (χ3v) is 5.22. The Morgan fingerprint density at radius 3 is 2.74 bits per heavy atom. The van der Waals surface area contributed by atoms with E-state index < -0.39 is 28.5 Å². The Morgan fingerprint density at radius 2 is 2.00 bits per heavy atom. The first-order valence-corrected chi connectivity index (χ1v) is 8.42. The Labute approximate surface area is 139 Å². The fraction of sp³-hybridized carbons (Fsp3) is 0.133. The zero-order valence-corrected chi connectivity index (χ0v) is 13.5. The summed E-state index contributed by atoms with van der Waals surface area (Å²) in [7, 11) is 0. The SMILES string of the molecule is CC(Sc1ncnc2ccsc12)C(=O)Nc1c(F)cccc1F. The molecule has 2 heterocycles. The van der Waals surface area contributed by atoms with Crippen molar-refractivity contribution in [3.05, 3.63) is 47.6 Å². The van der Waals surface area contributed by atoms with E-state index in [0.29, 0.717) is 5.03 Å². The summed E-state index contributed by atoms with van der Waals surface area (Å²) in [5.74, 6) is -2.11. The topological polar surface area (TPSA) is 54.9 Å². The molecule has 23 heavy (non-hydrogen) atoms. The van der Waals surface area contributed by atoms with Crippen molar-refractivity contribution in [3.8, 4) is 0 Å². The van der Waals surface area contributed by atoms with Gasteiger partial charge in [-0.05, 0) is 30.5 Å². The van der Waals surface area contributed by atoms with Crippen molar-refractivity contribution < 1.29 is 13.6 Å². The Kier molecular flexibility index (Phi) is 4.53. The summed E-state index contributed by atoms with van der Waals surface area (Å²) in [5, 5.41) is 4.28. The van der Waals surface area contributed by atoms with Crippen LogP contribution in [0.4, 0.5) is 14.5 Å². The maximum absolute atomic E-state index is 13.6. The molecule has 1 atom stereocenters. The summed E-state index contributed by atoms with van der Waals surface area (Å²) in [6, 6.07) is 5.30. The minimum Gasteiger partial charge on any atom is -0.320 e. The average molecular weight is 351 g/mol. The maximum Gasteiger partial charge on any atom is 0.237 e. The predicted molar refractivity (Wildman–Crippen MR) is 87.7 cm³/mol. The average Bonchev–Trinajstić information content (AvgIpc) is 3.00. The van der Waals surface area contributed by atoms with Crippen molar-refractivity contribution in [2.75, 3.05) is 5.32 Å². The van der Waals surface area contributed by atoms with Crippen LogP contribution in [0.15, 0.2) is 41.0 Å². The summed E-state index contributed by atoms with van der Waals surface area (Å²) in [4.78, 5) is 20.5. The third kappa shape index (κ3) is 3.32. The van der Waals surface area contributed by atoms with Crippen LogP contribution in [0.1, 0.15) is 6.92 Å². The van der Waals surface area contributed by atoms with Crippen LogP contribution in [0.25, 0.3) is 10.2 Å². The molecule has 0 spiro atoms. The van der Waals surface area contributed by atoms with E-state index in [1.54, 1.807) is 6.92 Å². The molecule has 0 radical (unpaired) electrons. The molecule has 0 bridgehead atoms. The van der Waals surface area contributed by atoms with E-state index in [9.17, 15) is 13.6 Å². The summed E-state index contributed by atoms with van der Waals surface area (Å²) in [5.41, 5.74) is 0.370. The molecule has 0 aliphatic rings. The van der Waals surface area contributed by atoms with Crippen LogP contribution in [-0.2, 0) is 4.79 Å². The van der Waals surface area contributed by atoms with Gasteiger partial charge in [0.25, 0.3) is 0 Å². The smallest absolute Gasteiger partial charge is 0.237 e. The first kappa shape index (κ1) is 15.8. The number of hydrogen-bond donors (Lipinski definition) is 1. The number of carbonyl (C=O) groups is 1. The maximum atomic E-state index is 13.6. The van der Waals surface area contributed by atoms with Crippen LogP contribution in [0.3, 0.4) is 0 Å². The molecule has 0 saturated heterocycles. The van der Waals surface area contributed by atoms with E-state index in [1.165, 1.54) is 35.5 Å². The number of thioether (sulfide) groups is 1. The third-order valence-electron chi connectivity index (χ3n) is 3.08. The summed E-state index contributed by atoms with van der Waals surface area (Å²) >= 11 is 2.70. The molecule has 1 unspecified atom stereocenters. The highest BCUT2D eigenvalue weighted by molar-refractivity contribution is 8.00. The van der Waals surface area contributed by atoms with E-state index in [2.05, 4.69) is 15.3 Å². The second-order valence-electron chi connectivity index (χ2n) is 4.66. The predicted octanol–water partition coefficient (Wildman–Crippen LogP) is 4.09. The number of nitrogens with zero attached hydrogens (tertiary/aromatic N) is 2. The molecule has 3 aromatic rings. The fourth-order valence-electron chi connectivity index (χ4n) is 1.91. The highest BCUT2D eigenvalue weighted by atomic mass is 32.2. The number of aromatic nitrogens is 2. The van der Waals surface area contributed by atoms with Gasteiger partial charge < -0.3 is 5.32 Å². The zero-order valence-electron chi connectivity index (χ0n) is 11.9. The quantitative estimate of drug-likeness (QED) is 0.568. The van der Waals surface area contributed by atoms with Crippen LogP contribution in [0, 0.1) is 11.6 Å². The van der Waals surface area contributed by atoms with Crippen LogP contribution in [0.5, 0.6) is 0 Å². The summed E-state index contributed by atoms with van der Waals surface area (Å²) in [6.07, 6.45) is 1.43. The number of benzene rings is 1. The molecular weight excluding hydrogens is 340 g/mol. The van der Waals surface area contributed by atoms with Crippen LogP contribution in [-0.4, -0.2) is 21.1 Å². The lowest BCUT2D eigenvalue weighted by Gasteiger charge is -2.12. The lowest BCUT2D eigenvalue weighted by Crippen LogP contribution is -2.23. The molecule has 4 nitrogen and oxygen atoms in total. The number of hydrogen-bond acceptors (Lipinski definition) is 5. The molecule has 1 N–H and O–H groups in total. The van der Waals surface area contributed by atoms with Crippen LogP contribution in [0.2, 0.25) is 0 Å². The van der Waals surface area contributed by atoms with Gasteiger partial charge in [0.2, 0.25) is 5.91 Å². The van der Waals surface area contributed by atoms with Crippen LogP contribution >= 0.6 is 23.1 Å². The van der Waals surface area contributed by atoms with Gasteiger partial charge >= 0.3 is 0 Å². The van der Waals surface area contributed by atoms with E-state index in [1.807, 2.05) is 11.4 Å². The Bertz CT molecular complexity index is 849. The number of halogens is 2. The number of nitrogens with one attached hydrogen (secondary N) is 1. The van der Waals surface area contributed by atoms with Crippen molar-refractivity contribution in [2.24, 2.45) is 0 Å². The minimum absolute atomic E-state index is 0.436. The van der Waals surface area contributed by atoms with Crippen molar-refractivity contribution in [1.29, 1.82) is 0 Å². The Hall–Kier alpha value is -2.06. The molecule has 0 fully saturated rings. The number of rotatable bonds is 4. The van der Waals surface area contributed by atoms with Gasteiger partial charge in [0, 0.05) is 0 Å². The van der Waals surface area contributed by atoms with E-state index in [4.69, 9.17) is 0 Å². The summed E-state index contributed by atoms with van der Waals surface area (Å²) < 4.78 is 28.1. The number of fused-ring (bicyclic) bond motifs is 1. The molecule has 8 heteroatoms. The number of thiophene rings is 1. The van der Waals surface area contributed by atoms with Gasteiger partial charge in [-0.2, -0.15) is 0 Å². The number of para-hydroxylation sites is 1. The molecule has 0 aliphatic heterocycles. The molecular formula is C15H11F2N3OS2. The summed E-state index contributed by atoms with van der Waals surface area (Å²) in [6.45, 7) is 1.65. The second-order valence-corrected chi connectivity index (χ2v) is 6.91. The number of anilines is 1. The number of amides is 1. The lowest BCUT2D eigenvalue weighted by atomic mass is 10.3. The zero-order chi connectivity index (χ0) is 16.4. The van der Waals surface area contributed by atoms with Crippen molar-refractivity contribution in [2.45, 2.75) is 17.2 Å². The molecule has 0 aliphatic carbocycles. The molecule has 1 amide bonds. The minimum atomic E-state index is -0.807. The molecule has 3 rings (SSSR count). The van der Waals surface area contributed by atoms with Crippen molar-refractivity contribution in [3.63, 3.8) is 0 Å². The largest absolute Gasteiger partial charge is 0.320 e. The van der Waals surface area contributed by atoms with Crippen LogP contribution < -0.4 is 5.32 Å². The van der Waals surface area contributed by atoms with Gasteiger partial charge in [0.15, 0.2) is 0 Å². The Balaban J connectivity index is 1.77. The van der Waals surface area contributed by atoms with Gasteiger partial charge in [-0.1, -0.05) is 17.8 Å². The van der Waals surface area contributed by atoms with E-state index in [0.717, 1.165) is 22.3 Å². The molecule has 2 aromatic heterocycles. The van der Waals surface area contributed by atoms with Crippen molar-refractivity contribution in [1.82, 2.24) is 9.97 Å². The van der Waals surface area contributed by atoms with E-state index >= 15 is 0 Å². The first-order valence-electron chi connectivity index (χ1n) is 6.66. The normalized spacial score (nSPS) is 12.3. The first-order chi connectivity index (χ1) is 11.1. The monoisotopic (exact) mass is 351 g/mol. The number of carbonyl (C=O) groups excluding carboxylic acids is 1. The molecule has 0 saturated carbocycles. The van der Waals surface area contributed by atoms with Gasteiger partial charge in [0.05, 0.1) is 15.5 Å². The molecule has 118 valence electrons. The van der Waals surface area contributed by atoms with Gasteiger partial charge in [-0.3, -0.25) is 4.79 Å². The highest BCUT2D eigenvalue weighted by Crippen LogP contribution is 2.31. The Morgan fingerprint density at radius 1 is 1.26 bits per heavy atom. The van der Waals surface area contributed by atoms with E-state index in [-0.39, 0.29) is 0 Å². The van der Waals surface area contributed by atoms with Gasteiger partial charge in [-0.15, -0.1) is 11.3 Å². The second kappa shape index (κ2) is 6.59.